The molecule has 0 radical (unpaired) electrons. The van der Waals surface area contributed by atoms with E-state index in [2.05, 4.69) is 52.8 Å². The van der Waals surface area contributed by atoms with E-state index in [4.69, 9.17) is 0 Å². The lowest BCUT2D eigenvalue weighted by Gasteiger charge is -2.16. The molecule has 0 unspecified atom stereocenters. The average Bonchev–Trinajstić information content (AvgIpc) is 2.59. The van der Waals surface area contributed by atoms with Gasteiger partial charge in [0.2, 0.25) is 0 Å². The fourth-order valence-electron chi connectivity index (χ4n) is 2.63. The van der Waals surface area contributed by atoms with Crippen molar-refractivity contribution in [2.24, 2.45) is 4.99 Å². The van der Waals surface area contributed by atoms with E-state index in [9.17, 15) is 4.39 Å². The number of hydrogen-bond donors (Lipinski definition) is 2. The largest absolute Gasteiger partial charge is 0.352 e. The minimum atomic E-state index is -0.177. The predicted octanol–water partition coefficient (Wildman–Crippen LogP) is 3.68. The zero-order chi connectivity index (χ0) is 18.2. The first-order valence-electron chi connectivity index (χ1n) is 8.40. The Morgan fingerprint density at radius 2 is 1.69 bits per heavy atom. The van der Waals surface area contributed by atoms with Gasteiger partial charge in [-0.3, -0.25) is 4.99 Å². The molecule has 0 aromatic heterocycles. The Morgan fingerprint density at radius 1 is 1.04 bits per heavy atom. The fourth-order valence-corrected chi connectivity index (χ4v) is 2.63. The second kappa shape index (κ2) is 11.1. The molecule has 2 aromatic carbocycles. The summed E-state index contributed by atoms with van der Waals surface area (Å²) in [7, 11) is 5.88. The summed E-state index contributed by atoms with van der Waals surface area (Å²) in [5, 5.41) is 6.61. The van der Waals surface area contributed by atoms with Crippen molar-refractivity contribution >= 4 is 29.9 Å². The number of benzene rings is 2. The molecule has 0 saturated heterocycles. The first kappa shape index (κ1) is 22.4. The molecule has 0 saturated carbocycles. The summed E-state index contributed by atoms with van der Waals surface area (Å²) in [5.74, 6) is 0.547. The minimum absolute atomic E-state index is 0. The minimum Gasteiger partial charge on any atom is -0.352 e. The number of hydrogen-bond acceptors (Lipinski definition) is 2. The van der Waals surface area contributed by atoms with Gasteiger partial charge in [0, 0.05) is 26.7 Å². The molecule has 0 aliphatic rings. The van der Waals surface area contributed by atoms with Gasteiger partial charge in [0.05, 0.1) is 0 Å². The van der Waals surface area contributed by atoms with Crippen molar-refractivity contribution in [1.82, 2.24) is 15.5 Å². The first-order chi connectivity index (χ1) is 12.0. The molecule has 0 bridgehead atoms. The Labute approximate surface area is 172 Å². The lowest BCUT2D eigenvalue weighted by molar-refractivity contribution is 0.400. The van der Waals surface area contributed by atoms with Crippen LogP contribution in [0, 0.1) is 12.7 Å². The van der Waals surface area contributed by atoms with E-state index in [1.807, 2.05) is 12.1 Å². The number of halogens is 2. The number of rotatable bonds is 6. The van der Waals surface area contributed by atoms with Gasteiger partial charge in [-0.1, -0.05) is 36.4 Å². The van der Waals surface area contributed by atoms with Gasteiger partial charge in [0.25, 0.3) is 0 Å². The number of aliphatic imine (C=N–C) groups is 1. The molecule has 0 fully saturated rings. The summed E-state index contributed by atoms with van der Waals surface area (Å²) in [4.78, 5) is 6.41. The van der Waals surface area contributed by atoms with Crippen LogP contribution < -0.4 is 10.6 Å². The Kier molecular flexibility index (Phi) is 9.58. The van der Waals surface area contributed by atoms with Gasteiger partial charge in [-0.2, -0.15) is 0 Å². The monoisotopic (exact) mass is 470 g/mol. The molecule has 0 spiro atoms. The van der Waals surface area contributed by atoms with Crippen molar-refractivity contribution in [2.75, 3.05) is 21.1 Å². The molecule has 0 heterocycles. The van der Waals surface area contributed by atoms with Crippen LogP contribution in [0.3, 0.4) is 0 Å². The third kappa shape index (κ3) is 6.92. The van der Waals surface area contributed by atoms with E-state index in [1.165, 1.54) is 17.2 Å². The molecule has 0 amide bonds. The summed E-state index contributed by atoms with van der Waals surface area (Å²) < 4.78 is 13.3. The molecule has 0 aliphatic carbocycles. The summed E-state index contributed by atoms with van der Waals surface area (Å²) in [6.07, 6.45) is 0. The number of guanidine groups is 1. The van der Waals surface area contributed by atoms with Crippen molar-refractivity contribution in [3.63, 3.8) is 0 Å². The molecule has 142 valence electrons. The second-order valence-corrected chi connectivity index (χ2v) is 6.37. The van der Waals surface area contributed by atoms with Gasteiger partial charge < -0.3 is 15.5 Å². The summed E-state index contributed by atoms with van der Waals surface area (Å²) in [6, 6.07) is 13.5. The van der Waals surface area contributed by atoms with Crippen molar-refractivity contribution in [2.45, 2.75) is 26.6 Å². The molecule has 2 rings (SSSR count). The smallest absolute Gasteiger partial charge is 0.191 e. The van der Waals surface area contributed by atoms with Crippen LogP contribution >= 0.6 is 24.0 Å². The predicted molar refractivity (Wildman–Crippen MR) is 117 cm³/mol. The van der Waals surface area contributed by atoms with Crippen molar-refractivity contribution in [3.05, 3.63) is 70.5 Å². The molecule has 4 nitrogen and oxygen atoms in total. The number of nitrogens with one attached hydrogen (secondary N) is 2. The standard InChI is InChI=1S/C20H27FN4.HI/c1-15-11-16(9-10-19(15)21)12-23-20(22-2)24-13-17-7-5-6-8-18(17)14-25(3)4;/h5-11H,12-14H2,1-4H3,(H2,22,23,24);1H. The topological polar surface area (TPSA) is 39.7 Å². The maximum atomic E-state index is 13.3. The maximum absolute atomic E-state index is 13.3. The van der Waals surface area contributed by atoms with Crippen LogP contribution in [0.2, 0.25) is 0 Å². The lowest BCUT2D eigenvalue weighted by Crippen LogP contribution is -2.36. The van der Waals surface area contributed by atoms with Crippen molar-refractivity contribution < 1.29 is 4.39 Å². The molecular formula is C20H28FIN4. The Bertz CT molecular complexity index is 732. The zero-order valence-corrected chi connectivity index (χ0v) is 18.2. The van der Waals surface area contributed by atoms with Crippen molar-refractivity contribution in [3.8, 4) is 0 Å². The highest BCUT2D eigenvalue weighted by Gasteiger charge is 2.05. The van der Waals surface area contributed by atoms with Gasteiger partial charge in [-0.25, -0.2) is 4.39 Å². The van der Waals surface area contributed by atoms with Gasteiger partial charge in [-0.05, 0) is 49.3 Å². The average molecular weight is 470 g/mol. The summed E-state index contributed by atoms with van der Waals surface area (Å²) >= 11 is 0. The van der Waals surface area contributed by atoms with Crippen LogP contribution in [0.5, 0.6) is 0 Å². The van der Waals surface area contributed by atoms with Crippen LogP contribution in [0.4, 0.5) is 4.39 Å². The molecule has 2 aromatic rings. The van der Waals surface area contributed by atoms with E-state index in [1.54, 1.807) is 20.0 Å². The normalized spacial score (nSPS) is 11.2. The van der Waals surface area contributed by atoms with Crippen LogP contribution in [-0.2, 0) is 19.6 Å². The van der Waals surface area contributed by atoms with Gasteiger partial charge in [0.1, 0.15) is 5.82 Å². The maximum Gasteiger partial charge on any atom is 0.191 e. The summed E-state index contributed by atoms with van der Waals surface area (Å²) in [6.45, 7) is 3.97. The van der Waals surface area contributed by atoms with Crippen molar-refractivity contribution in [1.29, 1.82) is 0 Å². The molecule has 6 heteroatoms. The second-order valence-electron chi connectivity index (χ2n) is 6.37. The summed E-state index contributed by atoms with van der Waals surface area (Å²) in [5.41, 5.74) is 4.22. The number of aryl methyl sites for hydroxylation is 1. The molecule has 0 aliphatic heterocycles. The van der Waals surface area contributed by atoms with Crippen LogP contribution in [0.25, 0.3) is 0 Å². The quantitative estimate of drug-likeness (QED) is 0.385. The van der Waals surface area contributed by atoms with Crippen LogP contribution in [-0.4, -0.2) is 32.0 Å². The molecular weight excluding hydrogens is 442 g/mol. The highest BCUT2D eigenvalue weighted by molar-refractivity contribution is 14.0. The van der Waals surface area contributed by atoms with E-state index >= 15 is 0 Å². The molecule has 26 heavy (non-hydrogen) atoms. The SMILES string of the molecule is CN=C(NCc1ccc(F)c(C)c1)NCc1ccccc1CN(C)C.I. The highest BCUT2D eigenvalue weighted by Crippen LogP contribution is 2.11. The van der Waals surface area contributed by atoms with E-state index < -0.39 is 0 Å². The lowest BCUT2D eigenvalue weighted by atomic mass is 10.1. The van der Waals surface area contributed by atoms with E-state index in [0.29, 0.717) is 18.7 Å². The van der Waals surface area contributed by atoms with Gasteiger partial charge in [-0.15, -0.1) is 24.0 Å². The van der Waals surface area contributed by atoms with E-state index in [-0.39, 0.29) is 29.8 Å². The Hall–Kier alpha value is -1.67. The molecule has 2 N–H and O–H groups in total. The van der Waals surface area contributed by atoms with Crippen LogP contribution in [0.15, 0.2) is 47.5 Å². The third-order valence-electron chi connectivity index (χ3n) is 3.96. The zero-order valence-electron chi connectivity index (χ0n) is 15.8. The fraction of sp³-hybridized carbons (Fsp3) is 0.350. The van der Waals surface area contributed by atoms with Gasteiger partial charge in [0.15, 0.2) is 5.96 Å². The van der Waals surface area contributed by atoms with Gasteiger partial charge >= 0.3 is 0 Å². The Morgan fingerprint density at radius 3 is 2.31 bits per heavy atom. The highest BCUT2D eigenvalue weighted by atomic mass is 127. The first-order valence-corrected chi connectivity index (χ1v) is 8.40. The molecule has 0 atom stereocenters. The van der Waals surface area contributed by atoms with E-state index in [0.717, 1.165) is 18.1 Å². The Balaban J connectivity index is 0.00000338. The number of nitrogens with zero attached hydrogens (tertiary/aromatic N) is 2. The third-order valence-corrected chi connectivity index (χ3v) is 3.96. The van der Waals surface area contributed by atoms with Crippen LogP contribution in [0.1, 0.15) is 22.3 Å².